The molecule has 0 fully saturated rings. The van der Waals surface area contributed by atoms with Crippen molar-refractivity contribution < 1.29 is 29.3 Å². The number of fused-ring (bicyclic) bond motifs is 3. The van der Waals surface area contributed by atoms with Crippen LogP contribution in [-0.2, 0) is 14.3 Å². The maximum atomic E-state index is 12.5. The van der Waals surface area contributed by atoms with Gasteiger partial charge in [-0.3, -0.25) is 9.59 Å². The van der Waals surface area contributed by atoms with Crippen LogP contribution in [0.4, 0.5) is 4.79 Å². The number of carboxylic acid groups (broad SMARTS) is 1. The first-order chi connectivity index (χ1) is 15.4. The SMILES string of the molecule is C=CCC(CO)NC(=O)C(CC(=O)O)NC(=O)OCC1c2ccccc2-c2ccccc21. The lowest BCUT2D eigenvalue weighted by atomic mass is 9.98. The molecule has 0 aromatic heterocycles. The van der Waals surface area contributed by atoms with Crippen LogP contribution in [0, 0.1) is 0 Å². The molecule has 2 aromatic carbocycles. The first-order valence-corrected chi connectivity index (χ1v) is 10.3. The molecule has 32 heavy (non-hydrogen) atoms. The van der Waals surface area contributed by atoms with E-state index in [1.807, 2.05) is 48.5 Å². The van der Waals surface area contributed by atoms with E-state index in [9.17, 15) is 19.5 Å². The molecular formula is C24H26N2O6. The highest BCUT2D eigenvalue weighted by Crippen LogP contribution is 2.44. The summed E-state index contributed by atoms with van der Waals surface area (Å²) in [5.74, 6) is -2.14. The van der Waals surface area contributed by atoms with Gasteiger partial charge >= 0.3 is 12.1 Å². The molecule has 0 heterocycles. The predicted molar refractivity (Wildman–Crippen MR) is 118 cm³/mol. The number of amides is 2. The molecule has 2 atom stereocenters. The molecule has 1 aliphatic carbocycles. The number of hydrogen-bond donors (Lipinski definition) is 4. The van der Waals surface area contributed by atoms with Crippen molar-refractivity contribution in [1.29, 1.82) is 0 Å². The summed E-state index contributed by atoms with van der Waals surface area (Å²) in [6, 6.07) is 13.8. The van der Waals surface area contributed by atoms with E-state index in [-0.39, 0.29) is 19.1 Å². The van der Waals surface area contributed by atoms with Gasteiger partial charge in [0.05, 0.1) is 19.1 Å². The van der Waals surface area contributed by atoms with Gasteiger partial charge in [0.1, 0.15) is 12.6 Å². The number of nitrogens with one attached hydrogen (secondary N) is 2. The Labute approximate surface area is 185 Å². The van der Waals surface area contributed by atoms with Gasteiger partial charge < -0.3 is 25.6 Å². The fraction of sp³-hybridized carbons (Fsp3) is 0.292. The second-order valence-corrected chi connectivity index (χ2v) is 7.53. The summed E-state index contributed by atoms with van der Waals surface area (Å²) in [4.78, 5) is 36.1. The van der Waals surface area contributed by atoms with Gasteiger partial charge in [-0.15, -0.1) is 6.58 Å². The second-order valence-electron chi connectivity index (χ2n) is 7.53. The zero-order valence-electron chi connectivity index (χ0n) is 17.5. The molecule has 0 radical (unpaired) electrons. The number of aliphatic carboxylic acids is 1. The summed E-state index contributed by atoms with van der Waals surface area (Å²) in [7, 11) is 0. The lowest BCUT2D eigenvalue weighted by Gasteiger charge is -2.21. The van der Waals surface area contributed by atoms with Crippen LogP contribution in [0.25, 0.3) is 11.1 Å². The van der Waals surface area contributed by atoms with Crippen molar-refractivity contribution in [2.24, 2.45) is 0 Å². The Balaban J connectivity index is 1.66. The molecule has 0 saturated carbocycles. The molecule has 0 bridgehead atoms. The highest BCUT2D eigenvalue weighted by Gasteiger charge is 2.30. The smallest absolute Gasteiger partial charge is 0.407 e. The van der Waals surface area contributed by atoms with Gasteiger partial charge in [-0.25, -0.2) is 4.79 Å². The first kappa shape index (κ1) is 23.0. The zero-order chi connectivity index (χ0) is 23.1. The van der Waals surface area contributed by atoms with Crippen molar-refractivity contribution in [3.8, 4) is 11.1 Å². The van der Waals surface area contributed by atoms with Crippen molar-refractivity contribution in [3.05, 3.63) is 72.3 Å². The normalized spacial score (nSPS) is 13.9. The third-order valence-electron chi connectivity index (χ3n) is 5.35. The van der Waals surface area contributed by atoms with E-state index < -0.39 is 36.5 Å². The highest BCUT2D eigenvalue weighted by molar-refractivity contribution is 5.89. The number of carbonyl (C=O) groups excluding carboxylic acids is 2. The molecule has 1 aliphatic rings. The van der Waals surface area contributed by atoms with E-state index in [4.69, 9.17) is 9.84 Å². The minimum atomic E-state index is -1.35. The van der Waals surface area contributed by atoms with E-state index >= 15 is 0 Å². The number of ether oxygens (including phenoxy) is 1. The number of carboxylic acids is 1. The summed E-state index contributed by atoms with van der Waals surface area (Å²) in [5, 5.41) is 23.3. The van der Waals surface area contributed by atoms with Crippen molar-refractivity contribution in [2.75, 3.05) is 13.2 Å². The number of alkyl carbamates (subject to hydrolysis) is 1. The molecule has 3 rings (SSSR count). The van der Waals surface area contributed by atoms with Crippen LogP contribution in [0.15, 0.2) is 61.2 Å². The standard InChI is InChI=1S/C24H26N2O6/c1-2-7-15(13-27)25-23(30)21(12-22(28)29)26-24(31)32-14-20-18-10-5-3-8-16(18)17-9-4-6-11-19(17)20/h2-6,8-11,15,20-21,27H,1,7,12-14H2,(H,25,30)(H,26,31)(H,28,29). The lowest BCUT2D eigenvalue weighted by molar-refractivity contribution is -0.140. The van der Waals surface area contributed by atoms with E-state index in [1.54, 1.807) is 0 Å². The zero-order valence-corrected chi connectivity index (χ0v) is 17.5. The fourth-order valence-electron chi connectivity index (χ4n) is 3.85. The Hall–Kier alpha value is -3.65. The van der Waals surface area contributed by atoms with Crippen LogP contribution >= 0.6 is 0 Å². The van der Waals surface area contributed by atoms with Crippen molar-refractivity contribution in [3.63, 3.8) is 0 Å². The molecule has 168 valence electrons. The first-order valence-electron chi connectivity index (χ1n) is 10.3. The Morgan fingerprint density at radius 3 is 2.16 bits per heavy atom. The summed E-state index contributed by atoms with van der Waals surface area (Å²) >= 11 is 0. The fourth-order valence-corrected chi connectivity index (χ4v) is 3.85. The summed E-state index contributed by atoms with van der Waals surface area (Å²) in [5.41, 5.74) is 4.24. The van der Waals surface area contributed by atoms with Gasteiger partial charge in [0.2, 0.25) is 5.91 Å². The van der Waals surface area contributed by atoms with Gasteiger partial charge in [0, 0.05) is 5.92 Å². The molecule has 2 unspecified atom stereocenters. The summed E-state index contributed by atoms with van der Waals surface area (Å²) in [6.07, 6.45) is 0.305. The van der Waals surface area contributed by atoms with E-state index in [1.165, 1.54) is 6.08 Å². The van der Waals surface area contributed by atoms with Crippen LogP contribution in [0.3, 0.4) is 0 Å². The summed E-state index contributed by atoms with van der Waals surface area (Å²) < 4.78 is 5.39. The molecule has 0 aliphatic heterocycles. The Morgan fingerprint density at radius 2 is 1.62 bits per heavy atom. The number of aliphatic hydroxyl groups excluding tert-OH is 1. The lowest BCUT2D eigenvalue weighted by Crippen LogP contribution is -2.51. The highest BCUT2D eigenvalue weighted by atomic mass is 16.5. The van der Waals surface area contributed by atoms with Gasteiger partial charge in [-0.05, 0) is 28.7 Å². The third kappa shape index (κ3) is 5.33. The number of benzene rings is 2. The van der Waals surface area contributed by atoms with Crippen LogP contribution in [-0.4, -0.2) is 53.5 Å². The second kappa shape index (κ2) is 10.6. The molecule has 2 aromatic rings. The van der Waals surface area contributed by atoms with Crippen LogP contribution in [0.5, 0.6) is 0 Å². The largest absolute Gasteiger partial charge is 0.481 e. The average Bonchev–Trinajstić information content (AvgIpc) is 3.10. The van der Waals surface area contributed by atoms with Crippen LogP contribution < -0.4 is 10.6 Å². The molecule has 8 nitrogen and oxygen atoms in total. The maximum absolute atomic E-state index is 12.5. The number of hydrogen-bond acceptors (Lipinski definition) is 5. The maximum Gasteiger partial charge on any atom is 0.407 e. The molecule has 0 spiro atoms. The Morgan fingerprint density at radius 1 is 1.03 bits per heavy atom. The quantitative estimate of drug-likeness (QED) is 0.422. The average molecular weight is 438 g/mol. The van der Waals surface area contributed by atoms with Gasteiger partial charge in [0.25, 0.3) is 0 Å². The van der Waals surface area contributed by atoms with E-state index in [0.717, 1.165) is 22.3 Å². The topological polar surface area (TPSA) is 125 Å². The molecule has 8 heteroatoms. The van der Waals surface area contributed by atoms with Crippen molar-refractivity contribution in [2.45, 2.75) is 30.8 Å². The molecule has 2 amide bonds. The van der Waals surface area contributed by atoms with E-state index in [2.05, 4.69) is 17.2 Å². The van der Waals surface area contributed by atoms with Gasteiger partial charge in [-0.2, -0.15) is 0 Å². The van der Waals surface area contributed by atoms with Gasteiger partial charge in [-0.1, -0.05) is 54.6 Å². The van der Waals surface area contributed by atoms with Crippen molar-refractivity contribution >= 4 is 18.0 Å². The van der Waals surface area contributed by atoms with Crippen LogP contribution in [0.1, 0.15) is 29.9 Å². The van der Waals surface area contributed by atoms with Crippen LogP contribution in [0.2, 0.25) is 0 Å². The minimum absolute atomic E-state index is 0.0387. The minimum Gasteiger partial charge on any atom is -0.481 e. The van der Waals surface area contributed by atoms with E-state index in [0.29, 0.717) is 6.42 Å². The monoisotopic (exact) mass is 438 g/mol. The summed E-state index contributed by atoms with van der Waals surface area (Å²) in [6.45, 7) is 3.24. The molecular weight excluding hydrogens is 412 g/mol. The Bertz CT molecular complexity index is 960. The number of carbonyl (C=O) groups is 3. The predicted octanol–water partition coefficient (Wildman–Crippen LogP) is 2.42. The number of rotatable bonds is 10. The molecule has 0 saturated heterocycles. The number of aliphatic hydroxyl groups is 1. The Kier molecular flexibility index (Phi) is 7.62. The molecule has 4 N–H and O–H groups in total. The third-order valence-corrected chi connectivity index (χ3v) is 5.35. The van der Waals surface area contributed by atoms with Gasteiger partial charge in [0.15, 0.2) is 0 Å². The van der Waals surface area contributed by atoms with Crippen molar-refractivity contribution in [1.82, 2.24) is 10.6 Å².